The van der Waals surface area contributed by atoms with Gasteiger partial charge in [0.1, 0.15) is 0 Å². The molecule has 2 atom stereocenters. The fourth-order valence-electron chi connectivity index (χ4n) is 2.22. The molecule has 1 aliphatic heterocycles. The molecular formula is C13H26N2. The quantitative estimate of drug-likeness (QED) is 0.677. The molecule has 2 nitrogen and oxygen atoms in total. The van der Waals surface area contributed by atoms with Crippen LogP contribution in [-0.2, 0) is 0 Å². The summed E-state index contributed by atoms with van der Waals surface area (Å²) in [6.07, 6.45) is 8.21. The zero-order chi connectivity index (χ0) is 11.1. The molecular weight excluding hydrogens is 184 g/mol. The lowest BCUT2D eigenvalue weighted by Crippen LogP contribution is -2.31. The van der Waals surface area contributed by atoms with Crippen molar-refractivity contribution < 1.29 is 0 Å². The number of nitrogens with one attached hydrogen (secondary N) is 1. The van der Waals surface area contributed by atoms with Crippen LogP contribution < -0.4 is 5.32 Å². The minimum absolute atomic E-state index is 0.758. The molecule has 1 N–H and O–H groups in total. The first-order valence-corrected chi connectivity index (χ1v) is 6.27. The van der Waals surface area contributed by atoms with Gasteiger partial charge in [-0.05, 0) is 52.2 Å². The van der Waals surface area contributed by atoms with E-state index in [1.165, 1.54) is 38.9 Å². The summed E-state index contributed by atoms with van der Waals surface area (Å²) in [4.78, 5) is 2.44. The van der Waals surface area contributed by atoms with E-state index in [9.17, 15) is 0 Å². The highest BCUT2D eigenvalue weighted by atomic mass is 15.1. The van der Waals surface area contributed by atoms with Gasteiger partial charge in [-0.3, -0.25) is 0 Å². The van der Waals surface area contributed by atoms with Gasteiger partial charge >= 0.3 is 0 Å². The van der Waals surface area contributed by atoms with Crippen LogP contribution in [0.1, 0.15) is 33.1 Å². The van der Waals surface area contributed by atoms with E-state index in [1.807, 2.05) is 0 Å². The van der Waals surface area contributed by atoms with Gasteiger partial charge in [0.15, 0.2) is 0 Å². The molecule has 0 aromatic rings. The third-order valence-corrected chi connectivity index (χ3v) is 3.43. The monoisotopic (exact) mass is 210 g/mol. The van der Waals surface area contributed by atoms with Gasteiger partial charge in [-0.15, -0.1) is 0 Å². The lowest BCUT2D eigenvalue weighted by atomic mass is 10.0. The molecule has 0 aliphatic carbocycles. The molecule has 2 unspecified atom stereocenters. The highest BCUT2D eigenvalue weighted by molar-refractivity contribution is 4.82. The van der Waals surface area contributed by atoms with E-state index in [2.05, 4.69) is 43.3 Å². The molecule has 1 saturated heterocycles. The number of allylic oxidation sites excluding steroid dienone is 1. The fourth-order valence-corrected chi connectivity index (χ4v) is 2.22. The van der Waals surface area contributed by atoms with Crippen LogP contribution in [0.3, 0.4) is 0 Å². The SMILES string of the molecule is C/C=C/CCN(C)CCC1NCCC1C. The molecule has 1 rings (SSSR count). The standard InChI is InChI=1S/C13H26N2/c1-4-5-6-10-15(3)11-8-13-12(2)7-9-14-13/h4-5,12-14H,6-11H2,1-3H3/b5-4+. The first kappa shape index (κ1) is 12.7. The minimum atomic E-state index is 0.758. The Kier molecular flexibility index (Phi) is 5.96. The normalized spacial score (nSPS) is 26.9. The summed E-state index contributed by atoms with van der Waals surface area (Å²) in [6, 6.07) is 0.758. The highest BCUT2D eigenvalue weighted by Gasteiger charge is 2.22. The summed E-state index contributed by atoms with van der Waals surface area (Å²) >= 11 is 0. The molecule has 88 valence electrons. The van der Waals surface area contributed by atoms with Crippen LogP contribution in [0.5, 0.6) is 0 Å². The van der Waals surface area contributed by atoms with Crippen molar-refractivity contribution in [3.63, 3.8) is 0 Å². The summed E-state index contributed by atoms with van der Waals surface area (Å²) in [7, 11) is 2.23. The Morgan fingerprint density at radius 3 is 2.80 bits per heavy atom. The number of nitrogens with zero attached hydrogens (tertiary/aromatic N) is 1. The van der Waals surface area contributed by atoms with Gasteiger partial charge in [0.2, 0.25) is 0 Å². The summed E-state index contributed by atoms with van der Waals surface area (Å²) < 4.78 is 0. The predicted octanol–water partition coefficient (Wildman–Crippen LogP) is 2.27. The van der Waals surface area contributed by atoms with Gasteiger partial charge in [0.05, 0.1) is 0 Å². The molecule has 0 amide bonds. The van der Waals surface area contributed by atoms with Gasteiger partial charge in [-0.2, -0.15) is 0 Å². The zero-order valence-corrected chi connectivity index (χ0v) is 10.5. The number of rotatable bonds is 6. The third-order valence-electron chi connectivity index (χ3n) is 3.43. The van der Waals surface area contributed by atoms with Crippen molar-refractivity contribution in [2.24, 2.45) is 5.92 Å². The summed E-state index contributed by atoms with van der Waals surface area (Å²) in [5.74, 6) is 0.869. The molecule has 2 heteroatoms. The van der Waals surface area contributed by atoms with Crippen LogP contribution in [0.2, 0.25) is 0 Å². The molecule has 0 radical (unpaired) electrons. The van der Waals surface area contributed by atoms with Crippen LogP contribution >= 0.6 is 0 Å². The van der Waals surface area contributed by atoms with Crippen LogP contribution in [0.4, 0.5) is 0 Å². The van der Waals surface area contributed by atoms with Crippen molar-refractivity contribution in [3.8, 4) is 0 Å². The van der Waals surface area contributed by atoms with E-state index in [0.717, 1.165) is 12.0 Å². The Hall–Kier alpha value is -0.340. The molecule has 0 aromatic heterocycles. The van der Waals surface area contributed by atoms with Crippen LogP contribution in [-0.4, -0.2) is 37.6 Å². The topological polar surface area (TPSA) is 15.3 Å². The zero-order valence-electron chi connectivity index (χ0n) is 10.5. The van der Waals surface area contributed by atoms with E-state index >= 15 is 0 Å². The fraction of sp³-hybridized carbons (Fsp3) is 0.846. The first-order chi connectivity index (χ1) is 7.24. The molecule has 15 heavy (non-hydrogen) atoms. The van der Waals surface area contributed by atoms with E-state index in [4.69, 9.17) is 0 Å². The molecule has 0 bridgehead atoms. The molecule has 1 fully saturated rings. The maximum absolute atomic E-state index is 3.59. The van der Waals surface area contributed by atoms with Crippen molar-refractivity contribution in [3.05, 3.63) is 12.2 Å². The van der Waals surface area contributed by atoms with E-state index in [-0.39, 0.29) is 0 Å². The van der Waals surface area contributed by atoms with Crippen LogP contribution in [0, 0.1) is 5.92 Å². The summed E-state index contributed by atoms with van der Waals surface area (Å²) in [5, 5.41) is 3.59. The Bertz CT molecular complexity index is 189. The Morgan fingerprint density at radius 1 is 1.40 bits per heavy atom. The van der Waals surface area contributed by atoms with Crippen molar-refractivity contribution in [2.75, 3.05) is 26.7 Å². The maximum atomic E-state index is 3.59. The van der Waals surface area contributed by atoms with Crippen molar-refractivity contribution in [1.82, 2.24) is 10.2 Å². The highest BCUT2D eigenvalue weighted by Crippen LogP contribution is 2.17. The molecule has 1 heterocycles. The van der Waals surface area contributed by atoms with Gasteiger partial charge in [0.25, 0.3) is 0 Å². The van der Waals surface area contributed by atoms with Crippen molar-refractivity contribution in [1.29, 1.82) is 0 Å². The third kappa shape index (κ3) is 4.80. The second kappa shape index (κ2) is 7.02. The second-order valence-corrected chi connectivity index (χ2v) is 4.78. The van der Waals surface area contributed by atoms with Gasteiger partial charge in [-0.25, -0.2) is 0 Å². The number of hydrogen-bond donors (Lipinski definition) is 1. The Labute approximate surface area is 94.7 Å². The second-order valence-electron chi connectivity index (χ2n) is 4.78. The first-order valence-electron chi connectivity index (χ1n) is 6.27. The van der Waals surface area contributed by atoms with Gasteiger partial charge in [-0.1, -0.05) is 19.1 Å². The van der Waals surface area contributed by atoms with E-state index in [0.29, 0.717) is 0 Å². The van der Waals surface area contributed by atoms with E-state index < -0.39 is 0 Å². The smallest absolute Gasteiger partial charge is 0.0105 e. The Morgan fingerprint density at radius 2 is 2.20 bits per heavy atom. The summed E-state index contributed by atoms with van der Waals surface area (Å²) in [5.41, 5.74) is 0. The lowest BCUT2D eigenvalue weighted by Gasteiger charge is -2.20. The van der Waals surface area contributed by atoms with Crippen molar-refractivity contribution >= 4 is 0 Å². The van der Waals surface area contributed by atoms with Crippen LogP contribution in [0.15, 0.2) is 12.2 Å². The van der Waals surface area contributed by atoms with Gasteiger partial charge < -0.3 is 10.2 Å². The predicted molar refractivity (Wildman–Crippen MR) is 67.1 cm³/mol. The molecule has 0 spiro atoms. The molecule has 0 saturated carbocycles. The molecule has 1 aliphatic rings. The summed E-state index contributed by atoms with van der Waals surface area (Å²) in [6.45, 7) is 8.08. The lowest BCUT2D eigenvalue weighted by molar-refractivity contribution is 0.304. The number of hydrogen-bond acceptors (Lipinski definition) is 2. The van der Waals surface area contributed by atoms with E-state index in [1.54, 1.807) is 0 Å². The minimum Gasteiger partial charge on any atom is -0.314 e. The van der Waals surface area contributed by atoms with Gasteiger partial charge in [0, 0.05) is 12.6 Å². The largest absolute Gasteiger partial charge is 0.314 e. The van der Waals surface area contributed by atoms with Crippen LogP contribution in [0.25, 0.3) is 0 Å². The average Bonchev–Trinajstić information content (AvgIpc) is 2.61. The van der Waals surface area contributed by atoms with Crippen molar-refractivity contribution in [2.45, 2.75) is 39.2 Å². The Balaban J connectivity index is 2.07. The molecule has 0 aromatic carbocycles. The maximum Gasteiger partial charge on any atom is 0.0105 e. The average molecular weight is 210 g/mol.